The maximum absolute atomic E-state index is 12.3. The molecule has 0 spiro atoms. The van der Waals surface area contributed by atoms with Gasteiger partial charge in [0.1, 0.15) is 5.01 Å². The normalized spacial score (nSPS) is 15.2. The van der Waals surface area contributed by atoms with Crippen molar-refractivity contribution >= 4 is 26.3 Å². The molecule has 3 aromatic rings. The Hall–Kier alpha value is -1.84. The van der Waals surface area contributed by atoms with Crippen LogP contribution >= 0.6 is 11.3 Å². The standard InChI is InChI=1S/C15H17N5O2S2/c1-10-3-2-4-11(7-10)9-24(21,22)16-8-13-19-20-14(12-5-6-12)17-18-15(20)23-13/h2-4,7,12,16H,5-6,8-9H2,1H3. The molecule has 4 rings (SSSR count). The smallest absolute Gasteiger partial charge is 0.212 e. The molecule has 1 N–H and O–H groups in total. The highest BCUT2D eigenvalue weighted by Gasteiger charge is 2.30. The van der Waals surface area contributed by atoms with E-state index in [4.69, 9.17) is 0 Å². The summed E-state index contributed by atoms with van der Waals surface area (Å²) in [4.78, 5) is 0.713. The third-order valence-electron chi connectivity index (χ3n) is 3.88. The first-order chi connectivity index (χ1) is 11.5. The summed E-state index contributed by atoms with van der Waals surface area (Å²) in [6.07, 6.45) is 2.24. The van der Waals surface area contributed by atoms with E-state index in [0.29, 0.717) is 15.9 Å². The van der Waals surface area contributed by atoms with Gasteiger partial charge in [-0.2, -0.15) is 9.61 Å². The number of rotatable bonds is 6. The summed E-state index contributed by atoms with van der Waals surface area (Å²) in [5, 5.41) is 13.4. The average molecular weight is 363 g/mol. The molecule has 0 unspecified atom stereocenters. The zero-order chi connectivity index (χ0) is 16.7. The summed E-state index contributed by atoms with van der Waals surface area (Å²) in [6.45, 7) is 2.12. The van der Waals surface area contributed by atoms with E-state index in [1.54, 1.807) is 4.52 Å². The van der Waals surface area contributed by atoms with Gasteiger partial charge in [-0.25, -0.2) is 13.1 Å². The molecule has 0 bridgehead atoms. The van der Waals surface area contributed by atoms with Crippen LogP contribution in [-0.4, -0.2) is 28.2 Å². The van der Waals surface area contributed by atoms with Gasteiger partial charge < -0.3 is 0 Å². The number of benzene rings is 1. The fourth-order valence-corrected chi connectivity index (χ4v) is 4.53. The number of fused-ring (bicyclic) bond motifs is 1. The fourth-order valence-electron chi connectivity index (χ4n) is 2.58. The molecule has 2 heterocycles. The van der Waals surface area contributed by atoms with Gasteiger partial charge in [-0.1, -0.05) is 41.2 Å². The molecular formula is C15H17N5O2S2. The molecule has 1 fully saturated rings. The second-order valence-corrected chi connectivity index (χ2v) is 8.94. The zero-order valence-electron chi connectivity index (χ0n) is 13.1. The second kappa shape index (κ2) is 5.91. The van der Waals surface area contributed by atoms with Gasteiger partial charge >= 0.3 is 0 Å². The summed E-state index contributed by atoms with van der Waals surface area (Å²) >= 11 is 1.36. The van der Waals surface area contributed by atoms with E-state index < -0.39 is 10.0 Å². The van der Waals surface area contributed by atoms with Crippen molar-refractivity contribution in [1.82, 2.24) is 24.5 Å². The minimum atomic E-state index is -3.41. The lowest BCUT2D eigenvalue weighted by Crippen LogP contribution is -2.24. The zero-order valence-corrected chi connectivity index (χ0v) is 14.8. The number of hydrogen-bond acceptors (Lipinski definition) is 6. The van der Waals surface area contributed by atoms with Gasteiger partial charge in [0.25, 0.3) is 0 Å². The Labute approximate surface area is 143 Å². The average Bonchev–Trinajstić information content (AvgIpc) is 3.15. The van der Waals surface area contributed by atoms with Crippen molar-refractivity contribution in [2.45, 2.75) is 38.0 Å². The summed E-state index contributed by atoms with van der Waals surface area (Å²) < 4.78 is 28.9. The quantitative estimate of drug-likeness (QED) is 0.723. The first-order valence-electron chi connectivity index (χ1n) is 7.74. The number of aryl methyl sites for hydroxylation is 1. The van der Waals surface area contributed by atoms with Crippen molar-refractivity contribution in [2.24, 2.45) is 0 Å². The van der Waals surface area contributed by atoms with Gasteiger partial charge in [-0.05, 0) is 25.3 Å². The predicted molar refractivity (Wildman–Crippen MR) is 91.3 cm³/mol. The third kappa shape index (κ3) is 3.33. The SMILES string of the molecule is Cc1cccc(CS(=O)(=O)NCc2nn3c(C4CC4)nnc3s2)c1. The van der Waals surface area contributed by atoms with Crippen molar-refractivity contribution in [3.05, 3.63) is 46.2 Å². The van der Waals surface area contributed by atoms with Crippen LogP contribution in [0.1, 0.15) is 40.7 Å². The minimum Gasteiger partial charge on any atom is -0.212 e. The molecule has 1 aromatic carbocycles. The summed E-state index contributed by atoms with van der Waals surface area (Å²) in [7, 11) is -3.41. The van der Waals surface area contributed by atoms with Crippen LogP contribution in [0.3, 0.4) is 0 Å². The lowest BCUT2D eigenvalue weighted by Gasteiger charge is -2.05. The summed E-state index contributed by atoms with van der Waals surface area (Å²) in [6, 6.07) is 7.50. The number of nitrogens with one attached hydrogen (secondary N) is 1. The molecular weight excluding hydrogens is 346 g/mol. The molecule has 0 atom stereocenters. The van der Waals surface area contributed by atoms with Crippen LogP contribution in [0.25, 0.3) is 4.96 Å². The van der Waals surface area contributed by atoms with Gasteiger partial charge in [-0.15, -0.1) is 10.2 Å². The van der Waals surface area contributed by atoms with Gasteiger partial charge in [0.15, 0.2) is 5.82 Å². The van der Waals surface area contributed by atoms with Crippen LogP contribution in [0, 0.1) is 6.92 Å². The maximum Gasteiger partial charge on any atom is 0.234 e. The van der Waals surface area contributed by atoms with Gasteiger partial charge in [0, 0.05) is 5.92 Å². The van der Waals surface area contributed by atoms with Crippen LogP contribution in [-0.2, 0) is 22.3 Å². The third-order valence-corrected chi connectivity index (χ3v) is 6.08. The molecule has 24 heavy (non-hydrogen) atoms. The van der Waals surface area contributed by atoms with Crippen LogP contribution in [0.5, 0.6) is 0 Å². The van der Waals surface area contributed by atoms with Crippen molar-refractivity contribution in [2.75, 3.05) is 0 Å². The predicted octanol–water partition coefficient (Wildman–Crippen LogP) is 1.99. The highest BCUT2D eigenvalue weighted by molar-refractivity contribution is 7.88. The van der Waals surface area contributed by atoms with Crippen molar-refractivity contribution in [3.8, 4) is 0 Å². The second-order valence-electron chi connectivity index (χ2n) is 6.09. The Morgan fingerprint density at radius 2 is 2.17 bits per heavy atom. The minimum absolute atomic E-state index is 0.0356. The Balaban J connectivity index is 1.45. The highest BCUT2D eigenvalue weighted by Crippen LogP contribution is 2.39. The molecule has 2 aromatic heterocycles. The maximum atomic E-state index is 12.3. The van der Waals surface area contributed by atoms with E-state index in [1.165, 1.54) is 11.3 Å². The van der Waals surface area contributed by atoms with E-state index in [9.17, 15) is 8.42 Å². The molecule has 1 aliphatic rings. The fraction of sp³-hybridized carbons (Fsp3) is 0.400. The number of sulfonamides is 1. The van der Waals surface area contributed by atoms with Gasteiger partial charge in [0.05, 0.1) is 12.3 Å². The molecule has 126 valence electrons. The number of nitrogens with zero attached hydrogens (tertiary/aromatic N) is 4. The monoisotopic (exact) mass is 363 g/mol. The van der Waals surface area contributed by atoms with Crippen LogP contribution in [0.2, 0.25) is 0 Å². The first-order valence-corrected chi connectivity index (χ1v) is 10.2. The van der Waals surface area contributed by atoms with E-state index in [1.807, 2.05) is 31.2 Å². The largest absolute Gasteiger partial charge is 0.234 e. The summed E-state index contributed by atoms with van der Waals surface area (Å²) in [5.41, 5.74) is 1.82. The van der Waals surface area contributed by atoms with E-state index in [2.05, 4.69) is 20.0 Å². The Morgan fingerprint density at radius 1 is 1.33 bits per heavy atom. The summed E-state index contributed by atoms with van der Waals surface area (Å²) in [5.74, 6) is 1.30. The highest BCUT2D eigenvalue weighted by atomic mass is 32.2. The first kappa shape index (κ1) is 15.7. The molecule has 1 aliphatic carbocycles. The van der Waals surface area contributed by atoms with E-state index in [-0.39, 0.29) is 12.3 Å². The van der Waals surface area contributed by atoms with Crippen molar-refractivity contribution in [1.29, 1.82) is 0 Å². The lowest BCUT2D eigenvalue weighted by atomic mass is 10.2. The van der Waals surface area contributed by atoms with Gasteiger partial charge in [0.2, 0.25) is 15.0 Å². The number of hydrogen-bond donors (Lipinski definition) is 1. The molecule has 9 heteroatoms. The molecule has 0 aliphatic heterocycles. The molecule has 0 saturated heterocycles. The molecule has 7 nitrogen and oxygen atoms in total. The topological polar surface area (TPSA) is 89.2 Å². The Morgan fingerprint density at radius 3 is 2.92 bits per heavy atom. The van der Waals surface area contributed by atoms with Crippen molar-refractivity contribution < 1.29 is 8.42 Å². The van der Waals surface area contributed by atoms with Crippen LogP contribution < -0.4 is 4.72 Å². The Bertz CT molecular complexity index is 988. The van der Waals surface area contributed by atoms with E-state index in [0.717, 1.165) is 29.8 Å². The number of aromatic nitrogens is 4. The van der Waals surface area contributed by atoms with Crippen LogP contribution in [0.4, 0.5) is 0 Å². The van der Waals surface area contributed by atoms with Crippen LogP contribution in [0.15, 0.2) is 24.3 Å². The Kier molecular flexibility index (Phi) is 3.86. The van der Waals surface area contributed by atoms with Gasteiger partial charge in [-0.3, -0.25) is 0 Å². The molecule has 1 saturated carbocycles. The molecule has 0 amide bonds. The lowest BCUT2D eigenvalue weighted by molar-refractivity contribution is 0.579. The molecule has 0 radical (unpaired) electrons. The van der Waals surface area contributed by atoms with E-state index >= 15 is 0 Å². The van der Waals surface area contributed by atoms with Crippen molar-refractivity contribution in [3.63, 3.8) is 0 Å².